The van der Waals surface area contributed by atoms with Gasteiger partial charge in [-0.25, -0.2) is 0 Å². The van der Waals surface area contributed by atoms with E-state index >= 15 is 0 Å². The molecule has 0 fully saturated rings. The Morgan fingerprint density at radius 2 is 2.06 bits per heavy atom. The Bertz CT molecular complexity index is 424. The topological polar surface area (TPSA) is 67.8 Å². The molecular weight excluding hydrogens is 269 g/mol. The Morgan fingerprint density at radius 1 is 1.39 bits per heavy atom. The van der Waals surface area contributed by atoms with E-state index < -0.39 is 5.51 Å². The van der Waals surface area contributed by atoms with Crippen molar-refractivity contribution in [2.75, 3.05) is 12.4 Å². The zero-order chi connectivity index (χ0) is 13.6. The number of oxime groups is 1. The molecule has 0 aliphatic carbocycles. The van der Waals surface area contributed by atoms with Crippen molar-refractivity contribution in [2.45, 2.75) is 5.51 Å². The summed E-state index contributed by atoms with van der Waals surface area (Å²) in [5, 5.41) is 11.4. The van der Waals surface area contributed by atoms with E-state index in [1.54, 1.807) is 18.2 Å². The molecule has 0 saturated heterocycles. The first kappa shape index (κ1) is 14.5. The number of halogens is 3. The fourth-order valence-electron chi connectivity index (χ4n) is 1.17. The largest absolute Gasteiger partial charge is 0.492 e. The number of alkyl halides is 3. The third-order valence-corrected chi connectivity index (χ3v) is 2.58. The third kappa shape index (κ3) is 4.74. The van der Waals surface area contributed by atoms with Gasteiger partial charge in [0, 0.05) is 5.75 Å². The molecule has 18 heavy (non-hydrogen) atoms. The van der Waals surface area contributed by atoms with Crippen LogP contribution in [0.2, 0.25) is 0 Å². The molecule has 0 aliphatic rings. The van der Waals surface area contributed by atoms with Crippen LogP contribution in [-0.2, 0) is 0 Å². The summed E-state index contributed by atoms with van der Waals surface area (Å²) in [6.45, 7) is -0.125. The van der Waals surface area contributed by atoms with E-state index in [1.165, 1.54) is 6.07 Å². The monoisotopic (exact) mass is 280 g/mol. The van der Waals surface area contributed by atoms with Crippen molar-refractivity contribution >= 4 is 17.6 Å². The van der Waals surface area contributed by atoms with E-state index in [0.717, 1.165) is 0 Å². The molecular formula is C10H11F3N2O2S. The summed E-state index contributed by atoms with van der Waals surface area (Å²) in [4.78, 5) is 0. The number of nitrogens with zero attached hydrogens (tertiary/aromatic N) is 1. The van der Waals surface area contributed by atoms with Gasteiger partial charge in [0.1, 0.15) is 5.75 Å². The van der Waals surface area contributed by atoms with Gasteiger partial charge in [-0.1, -0.05) is 17.3 Å². The summed E-state index contributed by atoms with van der Waals surface area (Å²) >= 11 is -0.163. The van der Waals surface area contributed by atoms with Gasteiger partial charge in [-0.15, -0.1) is 0 Å². The zero-order valence-corrected chi connectivity index (χ0v) is 9.96. The number of benzene rings is 1. The average Bonchev–Trinajstić information content (AvgIpc) is 2.33. The van der Waals surface area contributed by atoms with Gasteiger partial charge in [0.2, 0.25) is 0 Å². The lowest BCUT2D eigenvalue weighted by Crippen LogP contribution is -2.15. The lowest BCUT2D eigenvalue weighted by molar-refractivity contribution is -0.0329. The van der Waals surface area contributed by atoms with Crippen LogP contribution in [0.15, 0.2) is 29.4 Å². The van der Waals surface area contributed by atoms with Crippen molar-refractivity contribution in [3.05, 3.63) is 29.8 Å². The maximum atomic E-state index is 11.9. The molecule has 0 bridgehead atoms. The predicted molar refractivity (Wildman–Crippen MR) is 63.0 cm³/mol. The zero-order valence-electron chi connectivity index (χ0n) is 9.15. The van der Waals surface area contributed by atoms with Crippen LogP contribution < -0.4 is 10.5 Å². The smallest absolute Gasteiger partial charge is 0.441 e. The highest BCUT2D eigenvalue weighted by Gasteiger charge is 2.27. The standard InChI is InChI=1S/C10H11F3N2O2S/c11-10(12,13)18-6-5-17-8-4-2-1-3-7(8)9(14)15-16/h1-4,16H,5-6H2,(H2,14,15). The van der Waals surface area contributed by atoms with E-state index in [4.69, 9.17) is 15.7 Å². The number of ether oxygens (including phenoxy) is 1. The van der Waals surface area contributed by atoms with Crippen LogP contribution in [0, 0.1) is 0 Å². The quantitative estimate of drug-likeness (QED) is 0.286. The molecule has 100 valence electrons. The van der Waals surface area contributed by atoms with E-state index in [9.17, 15) is 13.2 Å². The first-order valence-electron chi connectivity index (χ1n) is 4.84. The molecule has 0 aromatic heterocycles. The van der Waals surface area contributed by atoms with Gasteiger partial charge in [0.15, 0.2) is 5.84 Å². The average molecular weight is 280 g/mol. The van der Waals surface area contributed by atoms with Crippen LogP contribution in [0.25, 0.3) is 0 Å². The molecule has 0 atom stereocenters. The summed E-state index contributed by atoms with van der Waals surface area (Å²) in [7, 11) is 0. The Morgan fingerprint density at radius 3 is 2.67 bits per heavy atom. The Kier molecular flexibility index (Phi) is 5.14. The number of amidine groups is 1. The molecule has 8 heteroatoms. The van der Waals surface area contributed by atoms with Crippen LogP contribution in [-0.4, -0.2) is 28.9 Å². The van der Waals surface area contributed by atoms with Crippen LogP contribution in [0.5, 0.6) is 5.75 Å². The molecule has 0 spiro atoms. The van der Waals surface area contributed by atoms with Crippen molar-refractivity contribution in [2.24, 2.45) is 10.9 Å². The molecule has 0 heterocycles. The summed E-state index contributed by atoms with van der Waals surface area (Å²) in [5.41, 5.74) is 1.46. The highest BCUT2D eigenvalue weighted by atomic mass is 32.2. The SMILES string of the molecule is N/C(=N/O)c1ccccc1OCCSC(F)(F)F. The number of hydrogen-bond donors (Lipinski definition) is 2. The molecule has 0 aliphatic heterocycles. The van der Waals surface area contributed by atoms with E-state index in [0.29, 0.717) is 5.56 Å². The second-order valence-electron chi connectivity index (χ2n) is 3.12. The molecule has 0 saturated carbocycles. The normalized spacial score (nSPS) is 12.5. The summed E-state index contributed by atoms with van der Waals surface area (Å²) in [5.74, 6) is -0.113. The van der Waals surface area contributed by atoms with Gasteiger partial charge < -0.3 is 15.7 Å². The minimum Gasteiger partial charge on any atom is -0.492 e. The Balaban J connectivity index is 2.57. The second-order valence-corrected chi connectivity index (χ2v) is 4.28. The predicted octanol–water partition coefficient (Wildman–Crippen LogP) is 2.41. The van der Waals surface area contributed by atoms with Crippen molar-refractivity contribution in [3.63, 3.8) is 0 Å². The van der Waals surface area contributed by atoms with Gasteiger partial charge >= 0.3 is 5.51 Å². The highest BCUT2D eigenvalue weighted by molar-refractivity contribution is 8.00. The fraction of sp³-hybridized carbons (Fsp3) is 0.300. The highest BCUT2D eigenvalue weighted by Crippen LogP contribution is 2.30. The summed E-state index contributed by atoms with van der Waals surface area (Å²) in [6, 6.07) is 6.36. The lowest BCUT2D eigenvalue weighted by atomic mass is 10.2. The molecule has 3 N–H and O–H groups in total. The van der Waals surface area contributed by atoms with Gasteiger partial charge in [-0.2, -0.15) is 13.2 Å². The van der Waals surface area contributed by atoms with E-state index in [-0.39, 0.29) is 35.7 Å². The maximum absolute atomic E-state index is 11.9. The van der Waals surface area contributed by atoms with E-state index in [2.05, 4.69) is 5.16 Å². The van der Waals surface area contributed by atoms with Crippen LogP contribution in [0.4, 0.5) is 13.2 Å². The first-order chi connectivity index (χ1) is 8.44. The number of hydrogen-bond acceptors (Lipinski definition) is 4. The number of para-hydroxylation sites is 1. The molecule has 1 rings (SSSR count). The van der Waals surface area contributed by atoms with Crippen molar-refractivity contribution in [1.29, 1.82) is 0 Å². The molecule has 1 aromatic rings. The number of rotatable bonds is 5. The van der Waals surface area contributed by atoms with Gasteiger partial charge in [-0.3, -0.25) is 0 Å². The van der Waals surface area contributed by atoms with E-state index in [1.807, 2.05) is 0 Å². The first-order valence-corrected chi connectivity index (χ1v) is 5.83. The lowest BCUT2D eigenvalue weighted by Gasteiger charge is -2.10. The van der Waals surface area contributed by atoms with Gasteiger partial charge in [0.05, 0.1) is 12.2 Å². The maximum Gasteiger partial charge on any atom is 0.441 e. The van der Waals surface area contributed by atoms with Crippen molar-refractivity contribution < 1.29 is 23.1 Å². The van der Waals surface area contributed by atoms with Crippen LogP contribution in [0.3, 0.4) is 0 Å². The second kappa shape index (κ2) is 6.39. The van der Waals surface area contributed by atoms with Crippen molar-refractivity contribution in [1.82, 2.24) is 0 Å². The number of nitrogens with two attached hydrogens (primary N) is 1. The summed E-state index contributed by atoms with van der Waals surface area (Å²) < 4.78 is 40.8. The van der Waals surface area contributed by atoms with Gasteiger partial charge in [-0.05, 0) is 23.9 Å². The minimum atomic E-state index is -4.27. The third-order valence-electron chi connectivity index (χ3n) is 1.88. The Labute approximate surface area is 106 Å². The molecule has 0 amide bonds. The fourth-order valence-corrected chi connectivity index (χ4v) is 1.57. The molecule has 0 radical (unpaired) electrons. The number of thioether (sulfide) groups is 1. The Hall–Kier alpha value is -1.57. The van der Waals surface area contributed by atoms with Gasteiger partial charge in [0.25, 0.3) is 0 Å². The van der Waals surface area contributed by atoms with Crippen LogP contribution in [0.1, 0.15) is 5.56 Å². The molecule has 0 unspecified atom stereocenters. The summed E-state index contributed by atoms with van der Waals surface area (Å²) in [6.07, 6.45) is 0. The van der Waals surface area contributed by atoms with Crippen LogP contribution >= 0.6 is 11.8 Å². The minimum absolute atomic E-state index is 0.125. The molecule has 4 nitrogen and oxygen atoms in total. The van der Waals surface area contributed by atoms with Crippen molar-refractivity contribution in [3.8, 4) is 5.75 Å². The molecule has 1 aromatic carbocycles.